The Labute approximate surface area is 171 Å². The molecule has 1 aromatic carbocycles. The summed E-state index contributed by atoms with van der Waals surface area (Å²) >= 11 is 3.30. The Bertz CT molecular complexity index is 1130. The van der Waals surface area contributed by atoms with Gasteiger partial charge in [0.15, 0.2) is 5.65 Å². The van der Waals surface area contributed by atoms with Crippen molar-refractivity contribution >= 4 is 38.6 Å². The second kappa shape index (κ2) is 7.16. The smallest absolute Gasteiger partial charge is 0.266 e. The van der Waals surface area contributed by atoms with Gasteiger partial charge in [0, 0.05) is 19.3 Å². The van der Waals surface area contributed by atoms with Gasteiger partial charge < -0.3 is 4.90 Å². The van der Waals surface area contributed by atoms with Crippen molar-refractivity contribution < 1.29 is 4.79 Å². The number of hydrogen-bond acceptors (Lipinski definition) is 4. The molecule has 0 N–H and O–H groups in total. The number of benzene rings is 1. The molecule has 0 fully saturated rings. The third-order valence-corrected chi connectivity index (χ3v) is 5.82. The molecular formula is C20H22BrN5O2. The van der Waals surface area contributed by atoms with Crippen molar-refractivity contribution in [1.29, 1.82) is 0 Å². The number of aromatic nitrogens is 4. The second-order valence-corrected chi connectivity index (χ2v) is 8.23. The van der Waals surface area contributed by atoms with Crippen LogP contribution in [0.25, 0.3) is 11.0 Å². The molecule has 0 bridgehead atoms. The van der Waals surface area contributed by atoms with Crippen LogP contribution >= 0.6 is 15.9 Å². The first-order chi connectivity index (χ1) is 13.4. The van der Waals surface area contributed by atoms with E-state index in [-0.39, 0.29) is 18.0 Å². The zero-order chi connectivity index (χ0) is 20.0. The molecule has 3 aromatic rings. The fraction of sp³-hybridized carbons (Fsp3) is 0.400. The van der Waals surface area contributed by atoms with Crippen molar-refractivity contribution in [2.75, 3.05) is 11.4 Å². The zero-order valence-electron chi connectivity index (χ0n) is 16.1. The molecule has 0 radical (unpaired) electrons. The van der Waals surface area contributed by atoms with E-state index in [0.717, 1.165) is 18.5 Å². The van der Waals surface area contributed by atoms with Gasteiger partial charge in [-0.1, -0.05) is 26.0 Å². The van der Waals surface area contributed by atoms with Gasteiger partial charge in [0.2, 0.25) is 5.91 Å². The van der Waals surface area contributed by atoms with Crippen LogP contribution in [0.5, 0.6) is 0 Å². The van der Waals surface area contributed by atoms with E-state index in [1.807, 2.05) is 6.07 Å². The monoisotopic (exact) mass is 443 g/mol. The predicted octanol–water partition coefficient (Wildman–Crippen LogP) is 3.00. The van der Waals surface area contributed by atoms with Crippen LogP contribution in [0, 0.1) is 0 Å². The Balaban J connectivity index is 1.65. The molecule has 7 nitrogen and oxygen atoms in total. The average Bonchev–Trinajstić information content (AvgIpc) is 2.97. The average molecular weight is 444 g/mol. The zero-order valence-corrected chi connectivity index (χ0v) is 17.7. The number of amides is 1. The van der Waals surface area contributed by atoms with E-state index < -0.39 is 0 Å². The number of aryl methyl sites for hydroxylation is 2. The Morgan fingerprint density at radius 1 is 1.32 bits per heavy atom. The molecule has 146 valence electrons. The number of fused-ring (bicyclic) bond motifs is 2. The molecule has 0 atom stereocenters. The number of nitrogens with zero attached hydrogens (tertiary/aromatic N) is 5. The molecule has 0 saturated carbocycles. The Hall–Kier alpha value is -2.48. The van der Waals surface area contributed by atoms with Crippen LogP contribution in [0.3, 0.4) is 0 Å². The summed E-state index contributed by atoms with van der Waals surface area (Å²) in [6.07, 6.45) is 3.31. The normalized spacial score (nSPS) is 14.0. The second-order valence-electron chi connectivity index (χ2n) is 7.48. The number of carbonyl (C=O) groups excluding carboxylic acids is 1. The number of carbonyl (C=O) groups is 1. The molecule has 3 heterocycles. The van der Waals surface area contributed by atoms with Gasteiger partial charge in [-0.25, -0.2) is 9.67 Å². The minimum atomic E-state index is -0.272. The van der Waals surface area contributed by atoms with Crippen LogP contribution in [0.2, 0.25) is 0 Å². The Morgan fingerprint density at radius 2 is 2.11 bits per heavy atom. The number of rotatable bonds is 3. The molecule has 0 saturated heterocycles. The van der Waals surface area contributed by atoms with E-state index in [2.05, 4.69) is 52.0 Å². The third kappa shape index (κ3) is 3.15. The summed E-state index contributed by atoms with van der Waals surface area (Å²) < 4.78 is 3.34. The highest BCUT2D eigenvalue weighted by molar-refractivity contribution is 9.10. The maximum absolute atomic E-state index is 13.0. The molecule has 0 unspecified atom stereocenters. The van der Waals surface area contributed by atoms with Gasteiger partial charge in [0.05, 0.1) is 0 Å². The molecule has 0 aliphatic carbocycles. The van der Waals surface area contributed by atoms with E-state index in [4.69, 9.17) is 0 Å². The van der Waals surface area contributed by atoms with E-state index in [1.165, 1.54) is 22.0 Å². The minimum absolute atomic E-state index is 0.0471. The summed E-state index contributed by atoms with van der Waals surface area (Å²) in [6, 6.07) is 6.32. The van der Waals surface area contributed by atoms with Gasteiger partial charge in [-0.3, -0.25) is 14.2 Å². The van der Waals surface area contributed by atoms with Crippen LogP contribution < -0.4 is 10.5 Å². The molecule has 1 aliphatic rings. The van der Waals surface area contributed by atoms with Gasteiger partial charge in [-0.05, 0) is 51.9 Å². The van der Waals surface area contributed by atoms with E-state index in [0.29, 0.717) is 28.1 Å². The third-order valence-electron chi connectivity index (χ3n) is 5.26. The highest BCUT2D eigenvalue weighted by Gasteiger charge is 2.24. The summed E-state index contributed by atoms with van der Waals surface area (Å²) in [4.78, 5) is 31.9. The van der Waals surface area contributed by atoms with Gasteiger partial charge >= 0.3 is 0 Å². The molecule has 1 aliphatic heterocycles. The first kappa shape index (κ1) is 18.9. The topological polar surface area (TPSA) is 73.0 Å². The fourth-order valence-electron chi connectivity index (χ4n) is 3.71. The predicted molar refractivity (Wildman–Crippen MR) is 112 cm³/mol. The van der Waals surface area contributed by atoms with Crippen molar-refractivity contribution in [3.05, 3.63) is 50.6 Å². The van der Waals surface area contributed by atoms with Gasteiger partial charge in [-0.15, -0.1) is 0 Å². The van der Waals surface area contributed by atoms with E-state index in [1.54, 1.807) is 16.6 Å². The summed E-state index contributed by atoms with van der Waals surface area (Å²) in [5, 5.41) is 4.56. The van der Waals surface area contributed by atoms with E-state index >= 15 is 0 Å². The van der Waals surface area contributed by atoms with Crippen LogP contribution in [0.15, 0.2) is 33.9 Å². The van der Waals surface area contributed by atoms with Crippen LogP contribution in [-0.2, 0) is 24.8 Å². The molecular weight excluding hydrogens is 422 g/mol. The van der Waals surface area contributed by atoms with Gasteiger partial charge in [-0.2, -0.15) is 5.10 Å². The van der Waals surface area contributed by atoms with Crippen molar-refractivity contribution in [3.8, 4) is 0 Å². The first-order valence-corrected chi connectivity index (χ1v) is 10.2. The van der Waals surface area contributed by atoms with Gasteiger partial charge in [0.25, 0.3) is 5.56 Å². The quantitative estimate of drug-likeness (QED) is 0.623. The van der Waals surface area contributed by atoms with E-state index in [9.17, 15) is 9.59 Å². The molecule has 2 aromatic heterocycles. The highest BCUT2D eigenvalue weighted by Crippen LogP contribution is 2.30. The first-order valence-electron chi connectivity index (χ1n) is 9.37. The maximum atomic E-state index is 13.0. The molecule has 4 rings (SSSR count). The van der Waals surface area contributed by atoms with Crippen molar-refractivity contribution in [2.45, 2.75) is 39.2 Å². The van der Waals surface area contributed by atoms with Crippen LogP contribution in [0.4, 0.5) is 5.69 Å². The van der Waals surface area contributed by atoms with Crippen molar-refractivity contribution in [1.82, 2.24) is 19.3 Å². The van der Waals surface area contributed by atoms with Crippen LogP contribution in [0.1, 0.15) is 37.3 Å². The van der Waals surface area contributed by atoms with Crippen molar-refractivity contribution in [3.63, 3.8) is 0 Å². The summed E-state index contributed by atoms with van der Waals surface area (Å²) in [5.74, 6) is 0.340. The Morgan fingerprint density at radius 3 is 2.86 bits per heavy atom. The SMILES string of the molecule is CC(C)c1ccc2c(c1)CCCN2C(=O)Cn1cnc2c(c(Br)nn2C)c1=O. The lowest BCUT2D eigenvalue weighted by molar-refractivity contribution is -0.119. The minimum Gasteiger partial charge on any atom is -0.311 e. The highest BCUT2D eigenvalue weighted by atomic mass is 79.9. The molecule has 1 amide bonds. The maximum Gasteiger partial charge on any atom is 0.266 e. The lowest BCUT2D eigenvalue weighted by atomic mass is 9.95. The largest absolute Gasteiger partial charge is 0.311 e. The Kier molecular flexibility index (Phi) is 4.82. The number of halogens is 1. The standard InChI is InChI=1S/C20H22BrN5O2/c1-12(2)13-6-7-15-14(9-13)5-4-8-26(15)16(27)10-25-11-22-19-17(20(25)28)18(21)23-24(19)3/h6-7,9,11-12H,4-5,8,10H2,1-3H3. The fourth-order valence-corrected chi connectivity index (χ4v) is 4.30. The summed E-state index contributed by atoms with van der Waals surface area (Å²) in [7, 11) is 1.73. The number of anilines is 1. The molecule has 8 heteroatoms. The lowest BCUT2D eigenvalue weighted by Crippen LogP contribution is -2.39. The number of hydrogen-bond donors (Lipinski definition) is 0. The molecule has 28 heavy (non-hydrogen) atoms. The molecule has 0 spiro atoms. The van der Waals surface area contributed by atoms with Gasteiger partial charge in [0.1, 0.15) is 22.9 Å². The summed E-state index contributed by atoms with van der Waals surface area (Å²) in [5.41, 5.74) is 3.64. The van der Waals surface area contributed by atoms with Crippen molar-refractivity contribution in [2.24, 2.45) is 7.05 Å². The summed E-state index contributed by atoms with van der Waals surface area (Å²) in [6.45, 7) is 4.95. The van der Waals surface area contributed by atoms with Crippen LogP contribution in [-0.4, -0.2) is 31.8 Å². The lowest BCUT2D eigenvalue weighted by Gasteiger charge is -2.30.